The first-order valence-corrected chi connectivity index (χ1v) is 8.94. The van der Waals surface area contributed by atoms with Crippen molar-refractivity contribution in [1.29, 1.82) is 0 Å². The van der Waals surface area contributed by atoms with Gasteiger partial charge in [0.25, 0.3) is 5.91 Å². The van der Waals surface area contributed by atoms with Gasteiger partial charge in [-0.25, -0.2) is 0 Å². The van der Waals surface area contributed by atoms with Gasteiger partial charge in [0.15, 0.2) is 0 Å². The second-order valence-corrected chi connectivity index (χ2v) is 6.49. The van der Waals surface area contributed by atoms with E-state index in [-0.39, 0.29) is 5.91 Å². The minimum Gasteiger partial charge on any atom is -0.497 e. The zero-order chi connectivity index (χ0) is 17.6. The Morgan fingerprint density at radius 3 is 2.76 bits per heavy atom. The maximum absolute atomic E-state index is 12.4. The number of fused-ring (bicyclic) bond motifs is 1. The highest BCUT2D eigenvalue weighted by molar-refractivity contribution is 5.94. The third kappa shape index (κ3) is 4.20. The summed E-state index contributed by atoms with van der Waals surface area (Å²) in [5.41, 5.74) is 3.50. The van der Waals surface area contributed by atoms with Crippen molar-refractivity contribution in [2.75, 3.05) is 20.2 Å². The first-order chi connectivity index (χ1) is 12.2. The number of hydrogen-bond acceptors (Lipinski definition) is 3. The summed E-state index contributed by atoms with van der Waals surface area (Å²) in [5.74, 6) is 0.655. The third-order valence-corrected chi connectivity index (χ3v) is 4.98. The average Bonchev–Trinajstić information content (AvgIpc) is 2.68. The molecule has 0 saturated carbocycles. The van der Waals surface area contributed by atoms with Crippen molar-refractivity contribution in [3.63, 3.8) is 0 Å². The predicted molar refractivity (Wildman–Crippen MR) is 100.0 cm³/mol. The fraction of sp³-hybridized carbons (Fsp3) is 0.381. The number of rotatable bonds is 6. The van der Waals surface area contributed by atoms with E-state index in [1.165, 1.54) is 11.1 Å². The van der Waals surface area contributed by atoms with E-state index >= 15 is 0 Å². The lowest BCUT2D eigenvalue weighted by atomic mass is 9.98. The number of carbonyl (C=O) groups excluding carboxylic acids is 1. The van der Waals surface area contributed by atoms with Crippen molar-refractivity contribution in [1.82, 2.24) is 10.2 Å². The van der Waals surface area contributed by atoms with Crippen molar-refractivity contribution in [2.24, 2.45) is 0 Å². The number of nitrogens with one attached hydrogen (secondary N) is 1. The molecule has 0 unspecified atom stereocenters. The molecule has 0 aliphatic carbocycles. The van der Waals surface area contributed by atoms with Gasteiger partial charge in [0.05, 0.1) is 7.11 Å². The average molecular weight is 338 g/mol. The molecule has 0 aromatic heterocycles. The van der Waals surface area contributed by atoms with Crippen LogP contribution >= 0.6 is 0 Å². The van der Waals surface area contributed by atoms with E-state index in [0.29, 0.717) is 23.9 Å². The first kappa shape index (κ1) is 17.5. The Kier molecular flexibility index (Phi) is 5.71. The van der Waals surface area contributed by atoms with Crippen LogP contribution < -0.4 is 10.1 Å². The molecule has 1 N–H and O–H groups in total. The van der Waals surface area contributed by atoms with Crippen LogP contribution in [0, 0.1) is 0 Å². The van der Waals surface area contributed by atoms with Crippen LogP contribution in [0.15, 0.2) is 48.5 Å². The molecular weight excluding hydrogens is 312 g/mol. The number of nitrogens with zero attached hydrogens (tertiary/aromatic N) is 1. The Bertz CT molecular complexity index is 729. The molecule has 0 spiro atoms. The van der Waals surface area contributed by atoms with Crippen molar-refractivity contribution in [2.45, 2.75) is 32.4 Å². The maximum Gasteiger partial charge on any atom is 0.251 e. The van der Waals surface area contributed by atoms with Crippen LogP contribution in [-0.4, -0.2) is 37.0 Å². The minimum atomic E-state index is -0.0465. The third-order valence-electron chi connectivity index (χ3n) is 4.98. The number of methoxy groups -OCH3 is 1. The number of ether oxygens (including phenoxy) is 1. The predicted octanol–water partition coefficient (Wildman–Crippen LogP) is 3.26. The molecule has 4 heteroatoms. The zero-order valence-corrected chi connectivity index (χ0v) is 15.0. The molecule has 132 valence electrons. The van der Waals surface area contributed by atoms with Gasteiger partial charge in [-0.3, -0.25) is 9.69 Å². The minimum absolute atomic E-state index is 0.0465. The normalized spacial score (nSPS) is 15.3. The van der Waals surface area contributed by atoms with Crippen molar-refractivity contribution in [3.05, 3.63) is 65.2 Å². The number of amides is 1. The van der Waals surface area contributed by atoms with Gasteiger partial charge in [-0.2, -0.15) is 0 Å². The fourth-order valence-electron chi connectivity index (χ4n) is 3.44. The highest BCUT2D eigenvalue weighted by Crippen LogP contribution is 2.21. The molecule has 0 saturated heterocycles. The van der Waals surface area contributed by atoms with E-state index < -0.39 is 0 Å². The monoisotopic (exact) mass is 338 g/mol. The van der Waals surface area contributed by atoms with Crippen LogP contribution in [0.1, 0.15) is 34.8 Å². The van der Waals surface area contributed by atoms with E-state index in [4.69, 9.17) is 4.74 Å². The fourth-order valence-corrected chi connectivity index (χ4v) is 3.44. The van der Waals surface area contributed by atoms with Crippen LogP contribution in [0.25, 0.3) is 0 Å². The Hall–Kier alpha value is -2.33. The molecular formula is C21H26N2O2. The SMILES string of the molecule is CC[C@@H](CNC(=O)c1cccc(OC)c1)N1CCc2ccccc2C1. The van der Waals surface area contributed by atoms with Gasteiger partial charge in [0, 0.05) is 31.2 Å². The highest BCUT2D eigenvalue weighted by Gasteiger charge is 2.22. The quantitative estimate of drug-likeness (QED) is 0.879. The summed E-state index contributed by atoms with van der Waals surface area (Å²) in [5, 5.41) is 3.09. The highest BCUT2D eigenvalue weighted by atomic mass is 16.5. The van der Waals surface area contributed by atoms with E-state index in [2.05, 4.69) is 41.4 Å². The summed E-state index contributed by atoms with van der Waals surface area (Å²) in [4.78, 5) is 14.9. The summed E-state index contributed by atoms with van der Waals surface area (Å²) >= 11 is 0. The molecule has 3 rings (SSSR count). The number of carbonyl (C=O) groups is 1. The second-order valence-electron chi connectivity index (χ2n) is 6.49. The van der Waals surface area contributed by atoms with E-state index in [1.807, 2.05) is 18.2 Å². The van der Waals surface area contributed by atoms with E-state index in [0.717, 1.165) is 25.9 Å². The van der Waals surface area contributed by atoms with Gasteiger partial charge in [-0.15, -0.1) is 0 Å². The lowest BCUT2D eigenvalue weighted by molar-refractivity contribution is 0.0926. The van der Waals surface area contributed by atoms with Gasteiger partial charge in [0.1, 0.15) is 5.75 Å². The summed E-state index contributed by atoms with van der Waals surface area (Å²) < 4.78 is 5.19. The molecule has 1 aliphatic heterocycles. The largest absolute Gasteiger partial charge is 0.497 e. The maximum atomic E-state index is 12.4. The molecule has 1 heterocycles. The van der Waals surface area contributed by atoms with Gasteiger partial charge in [-0.1, -0.05) is 37.3 Å². The summed E-state index contributed by atoms with van der Waals surface area (Å²) in [6.45, 7) is 4.85. The molecule has 1 amide bonds. The Balaban J connectivity index is 1.60. The molecule has 0 bridgehead atoms. The summed E-state index contributed by atoms with van der Waals surface area (Å²) in [6.07, 6.45) is 2.09. The van der Waals surface area contributed by atoms with Crippen molar-refractivity contribution < 1.29 is 9.53 Å². The summed E-state index contributed by atoms with van der Waals surface area (Å²) in [6, 6.07) is 16.3. The van der Waals surface area contributed by atoms with E-state index in [1.54, 1.807) is 13.2 Å². The molecule has 25 heavy (non-hydrogen) atoms. The Labute approximate surface area is 149 Å². The second kappa shape index (κ2) is 8.17. The van der Waals surface area contributed by atoms with Crippen molar-refractivity contribution >= 4 is 5.91 Å². The molecule has 4 nitrogen and oxygen atoms in total. The molecule has 2 aromatic carbocycles. The van der Waals surface area contributed by atoms with Crippen LogP contribution in [0.3, 0.4) is 0 Å². The number of hydrogen-bond donors (Lipinski definition) is 1. The van der Waals surface area contributed by atoms with Crippen LogP contribution in [-0.2, 0) is 13.0 Å². The van der Waals surface area contributed by atoms with Gasteiger partial charge in [-0.05, 0) is 42.2 Å². The molecule has 0 radical (unpaired) electrons. The van der Waals surface area contributed by atoms with Crippen LogP contribution in [0.5, 0.6) is 5.75 Å². The molecule has 2 aromatic rings. The van der Waals surface area contributed by atoms with Gasteiger partial charge in [0.2, 0.25) is 0 Å². The Morgan fingerprint density at radius 1 is 1.20 bits per heavy atom. The first-order valence-electron chi connectivity index (χ1n) is 8.94. The van der Waals surface area contributed by atoms with E-state index in [9.17, 15) is 4.79 Å². The topological polar surface area (TPSA) is 41.6 Å². The van der Waals surface area contributed by atoms with Crippen LogP contribution in [0.2, 0.25) is 0 Å². The Morgan fingerprint density at radius 2 is 2.00 bits per heavy atom. The molecule has 0 fully saturated rings. The number of benzene rings is 2. The lowest BCUT2D eigenvalue weighted by Gasteiger charge is -2.35. The smallest absolute Gasteiger partial charge is 0.251 e. The zero-order valence-electron chi connectivity index (χ0n) is 15.0. The van der Waals surface area contributed by atoms with Gasteiger partial charge < -0.3 is 10.1 Å². The van der Waals surface area contributed by atoms with Crippen LogP contribution in [0.4, 0.5) is 0 Å². The van der Waals surface area contributed by atoms with Gasteiger partial charge >= 0.3 is 0 Å². The summed E-state index contributed by atoms with van der Waals surface area (Å²) in [7, 11) is 1.61. The molecule has 1 aliphatic rings. The lowest BCUT2D eigenvalue weighted by Crippen LogP contribution is -2.45. The van der Waals surface area contributed by atoms with Crippen molar-refractivity contribution in [3.8, 4) is 5.75 Å². The standard InChI is InChI=1S/C21H26N2O2/c1-3-19(23-12-11-16-7-4-5-8-18(16)15-23)14-22-21(24)17-9-6-10-20(13-17)25-2/h4-10,13,19H,3,11-12,14-15H2,1-2H3,(H,22,24)/t19-/m0/s1. The molecule has 1 atom stereocenters.